The van der Waals surface area contributed by atoms with Gasteiger partial charge in [0.05, 0.1) is 0 Å². The second-order valence-corrected chi connectivity index (χ2v) is 7.16. The molecule has 3 rings (SSSR count). The molecule has 1 fully saturated rings. The number of halogens is 2. The molecule has 1 aliphatic rings. The first-order valence-electron chi connectivity index (χ1n) is 8.60. The molecule has 0 amide bonds. The van der Waals surface area contributed by atoms with Gasteiger partial charge >= 0.3 is 0 Å². The van der Waals surface area contributed by atoms with E-state index in [1.54, 1.807) is 0 Å². The average Bonchev–Trinajstić information content (AvgIpc) is 2.61. The van der Waals surface area contributed by atoms with E-state index < -0.39 is 0 Å². The Balaban J connectivity index is 1.51. The van der Waals surface area contributed by atoms with Crippen LogP contribution < -0.4 is 10.1 Å². The maximum absolute atomic E-state index is 6.16. The molecule has 128 valence electrons. The number of nitrogens with one attached hydrogen (secondary N) is 1. The van der Waals surface area contributed by atoms with Crippen molar-refractivity contribution in [1.29, 1.82) is 0 Å². The average molecular weight is 364 g/mol. The maximum atomic E-state index is 6.16. The number of hydrogen-bond acceptors (Lipinski definition) is 2. The normalized spacial score (nSPS) is 15.4. The molecule has 2 nitrogen and oxygen atoms in total. The highest BCUT2D eigenvalue weighted by molar-refractivity contribution is 6.35. The summed E-state index contributed by atoms with van der Waals surface area (Å²) in [6.45, 7) is 1.29. The van der Waals surface area contributed by atoms with E-state index >= 15 is 0 Å². The van der Waals surface area contributed by atoms with E-state index in [2.05, 4.69) is 17.4 Å². The summed E-state index contributed by atoms with van der Waals surface area (Å²) in [5.74, 6) is 0.826. The molecule has 2 aromatic rings. The van der Waals surface area contributed by atoms with Crippen molar-refractivity contribution in [3.05, 3.63) is 63.6 Å². The Morgan fingerprint density at radius 3 is 2.25 bits per heavy atom. The van der Waals surface area contributed by atoms with Crippen LogP contribution in [0.4, 0.5) is 0 Å². The second kappa shape index (κ2) is 8.75. The fraction of sp³-hybridized carbons (Fsp3) is 0.400. The Morgan fingerprint density at radius 1 is 0.917 bits per heavy atom. The van der Waals surface area contributed by atoms with Gasteiger partial charge in [-0.25, -0.2) is 0 Å². The third-order valence-electron chi connectivity index (χ3n) is 4.57. The zero-order valence-corrected chi connectivity index (χ0v) is 15.2. The Morgan fingerprint density at radius 2 is 1.58 bits per heavy atom. The largest absolute Gasteiger partial charge is 0.489 e. The number of hydrogen-bond donors (Lipinski definition) is 1. The van der Waals surface area contributed by atoms with E-state index in [9.17, 15) is 0 Å². The lowest BCUT2D eigenvalue weighted by molar-refractivity contribution is 0.306. The van der Waals surface area contributed by atoms with Crippen molar-refractivity contribution in [3.8, 4) is 5.75 Å². The van der Waals surface area contributed by atoms with Gasteiger partial charge in [-0.05, 0) is 42.7 Å². The maximum Gasteiger partial charge on any atom is 0.119 e. The summed E-state index contributed by atoms with van der Waals surface area (Å²) in [4.78, 5) is 0. The standard InChI is InChI=1S/C20H23Cl2NO/c21-19-7-4-8-20(22)18(19)14-24-17-11-9-15(10-12-17)13-23-16-5-2-1-3-6-16/h4,7-12,16,23H,1-3,5-6,13-14H2. The van der Waals surface area contributed by atoms with Crippen molar-refractivity contribution in [2.75, 3.05) is 0 Å². The molecule has 4 heteroatoms. The van der Waals surface area contributed by atoms with Crippen LogP contribution in [0.3, 0.4) is 0 Å². The molecule has 24 heavy (non-hydrogen) atoms. The van der Waals surface area contributed by atoms with E-state index in [4.69, 9.17) is 27.9 Å². The first-order valence-corrected chi connectivity index (χ1v) is 9.36. The summed E-state index contributed by atoms with van der Waals surface area (Å²) in [7, 11) is 0. The minimum atomic E-state index is 0.373. The lowest BCUT2D eigenvalue weighted by atomic mass is 9.95. The van der Waals surface area contributed by atoms with Gasteiger partial charge in [0.15, 0.2) is 0 Å². The molecule has 0 aromatic heterocycles. The van der Waals surface area contributed by atoms with Crippen LogP contribution in [-0.2, 0) is 13.2 Å². The molecule has 0 saturated heterocycles. The third-order valence-corrected chi connectivity index (χ3v) is 5.28. The lowest BCUT2D eigenvalue weighted by Gasteiger charge is -2.22. The third kappa shape index (κ3) is 4.89. The molecule has 0 bridgehead atoms. The highest BCUT2D eigenvalue weighted by atomic mass is 35.5. The van der Waals surface area contributed by atoms with Crippen LogP contribution >= 0.6 is 23.2 Å². The van der Waals surface area contributed by atoms with Crippen LogP contribution in [0.2, 0.25) is 10.0 Å². The minimum Gasteiger partial charge on any atom is -0.489 e. The predicted octanol–water partition coefficient (Wildman–Crippen LogP) is 5.99. The van der Waals surface area contributed by atoms with E-state index in [1.807, 2.05) is 30.3 Å². The molecule has 0 spiro atoms. The molecule has 0 unspecified atom stereocenters. The summed E-state index contributed by atoms with van der Waals surface area (Å²) in [6, 6.07) is 14.4. The van der Waals surface area contributed by atoms with Gasteiger partial charge in [-0.2, -0.15) is 0 Å². The Bertz CT molecular complexity index is 631. The van der Waals surface area contributed by atoms with E-state index in [1.165, 1.54) is 37.7 Å². The van der Waals surface area contributed by atoms with Crippen molar-refractivity contribution in [3.63, 3.8) is 0 Å². The summed E-state index contributed by atoms with van der Waals surface area (Å²) in [5, 5.41) is 4.92. The van der Waals surface area contributed by atoms with Crippen LogP contribution in [0.25, 0.3) is 0 Å². The van der Waals surface area contributed by atoms with Gasteiger partial charge in [0.2, 0.25) is 0 Å². The van der Waals surface area contributed by atoms with E-state index in [0.717, 1.165) is 17.9 Å². The molecule has 1 aliphatic carbocycles. The van der Waals surface area contributed by atoms with Gasteiger partial charge in [-0.3, -0.25) is 0 Å². The van der Waals surface area contributed by atoms with Crippen LogP contribution in [0.1, 0.15) is 43.2 Å². The smallest absolute Gasteiger partial charge is 0.119 e. The van der Waals surface area contributed by atoms with Crippen molar-refractivity contribution in [2.45, 2.75) is 51.3 Å². The van der Waals surface area contributed by atoms with Crippen LogP contribution in [0, 0.1) is 0 Å². The lowest BCUT2D eigenvalue weighted by Crippen LogP contribution is -2.30. The Labute approximate surface area is 154 Å². The highest BCUT2D eigenvalue weighted by Gasteiger charge is 2.12. The van der Waals surface area contributed by atoms with Gasteiger partial charge < -0.3 is 10.1 Å². The van der Waals surface area contributed by atoms with Crippen molar-refractivity contribution in [2.24, 2.45) is 0 Å². The van der Waals surface area contributed by atoms with Crippen LogP contribution in [0.5, 0.6) is 5.75 Å². The topological polar surface area (TPSA) is 21.3 Å². The summed E-state index contributed by atoms with van der Waals surface area (Å²) < 4.78 is 5.81. The summed E-state index contributed by atoms with van der Waals surface area (Å²) >= 11 is 12.3. The summed E-state index contributed by atoms with van der Waals surface area (Å²) in [6.07, 6.45) is 6.71. The van der Waals surface area contributed by atoms with Gasteiger partial charge in [-0.1, -0.05) is 60.7 Å². The van der Waals surface area contributed by atoms with Crippen molar-refractivity contribution >= 4 is 23.2 Å². The van der Waals surface area contributed by atoms with E-state index in [0.29, 0.717) is 22.7 Å². The molecular formula is C20H23Cl2NO. The van der Waals surface area contributed by atoms with Gasteiger partial charge in [0, 0.05) is 28.2 Å². The minimum absolute atomic E-state index is 0.373. The predicted molar refractivity (Wildman–Crippen MR) is 101 cm³/mol. The SMILES string of the molecule is Clc1cccc(Cl)c1COc1ccc(CNC2CCCCC2)cc1. The fourth-order valence-electron chi connectivity index (χ4n) is 3.10. The van der Waals surface area contributed by atoms with Crippen molar-refractivity contribution in [1.82, 2.24) is 5.32 Å². The Hall–Kier alpha value is -1.22. The Kier molecular flexibility index (Phi) is 6.42. The number of ether oxygens (including phenoxy) is 1. The van der Waals surface area contributed by atoms with E-state index in [-0.39, 0.29) is 0 Å². The second-order valence-electron chi connectivity index (χ2n) is 6.35. The number of rotatable bonds is 6. The molecule has 1 N–H and O–H groups in total. The summed E-state index contributed by atoms with van der Waals surface area (Å²) in [5.41, 5.74) is 2.10. The van der Waals surface area contributed by atoms with Crippen molar-refractivity contribution < 1.29 is 4.74 Å². The molecule has 0 radical (unpaired) electrons. The zero-order chi connectivity index (χ0) is 16.8. The monoisotopic (exact) mass is 363 g/mol. The van der Waals surface area contributed by atoms with Gasteiger partial charge in [-0.15, -0.1) is 0 Å². The molecule has 2 aromatic carbocycles. The fourth-order valence-corrected chi connectivity index (χ4v) is 3.60. The van der Waals surface area contributed by atoms with Crippen LogP contribution in [-0.4, -0.2) is 6.04 Å². The zero-order valence-electron chi connectivity index (χ0n) is 13.7. The molecule has 0 atom stereocenters. The van der Waals surface area contributed by atoms with Crippen LogP contribution in [0.15, 0.2) is 42.5 Å². The number of benzene rings is 2. The van der Waals surface area contributed by atoms with Gasteiger partial charge in [0.25, 0.3) is 0 Å². The molecular weight excluding hydrogens is 341 g/mol. The quantitative estimate of drug-likeness (QED) is 0.679. The first-order chi connectivity index (χ1) is 11.7. The first kappa shape index (κ1) is 17.6. The highest BCUT2D eigenvalue weighted by Crippen LogP contribution is 2.26. The molecule has 1 saturated carbocycles. The molecule has 0 heterocycles. The van der Waals surface area contributed by atoms with Gasteiger partial charge in [0.1, 0.15) is 12.4 Å². The molecule has 0 aliphatic heterocycles.